The molecule has 0 radical (unpaired) electrons. The number of alkyl halides is 1. The van der Waals surface area contributed by atoms with Crippen molar-refractivity contribution >= 4 is 5.78 Å². The maximum atomic E-state index is 13.2. The number of halogens is 1. The number of aliphatic hydroxyl groups excluding tert-OH is 1. The Morgan fingerprint density at radius 1 is 1.22 bits per heavy atom. The highest BCUT2D eigenvalue weighted by molar-refractivity contribution is 5.91. The standard InChI is InChI=1S/C20H29FO2/c1-20-9-8-16-15-6-4-14(22)10-12(15)2-5-17(16)18(20)7-3-13(20)11-19(21)23/h10,13,15-19,23H,2-9,11H2,1H3/t13-,15-,16+,17+,18-,19?,20+/m0/s1. The van der Waals surface area contributed by atoms with Gasteiger partial charge in [0.1, 0.15) is 0 Å². The van der Waals surface area contributed by atoms with Gasteiger partial charge < -0.3 is 5.11 Å². The van der Waals surface area contributed by atoms with Crippen LogP contribution in [0.5, 0.6) is 0 Å². The first-order chi connectivity index (χ1) is 11.0. The van der Waals surface area contributed by atoms with Crippen molar-refractivity contribution in [3.63, 3.8) is 0 Å². The van der Waals surface area contributed by atoms with Gasteiger partial charge in [0.2, 0.25) is 0 Å². The van der Waals surface area contributed by atoms with E-state index in [2.05, 4.69) is 6.92 Å². The highest BCUT2D eigenvalue weighted by atomic mass is 19.1. The van der Waals surface area contributed by atoms with E-state index in [1.807, 2.05) is 6.08 Å². The Balaban J connectivity index is 1.56. The van der Waals surface area contributed by atoms with Crippen molar-refractivity contribution in [1.29, 1.82) is 0 Å². The lowest BCUT2D eigenvalue weighted by Gasteiger charge is -2.54. The fraction of sp³-hybridized carbons (Fsp3) is 0.850. The summed E-state index contributed by atoms with van der Waals surface area (Å²) in [7, 11) is 0. The molecule has 0 aromatic rings. The summed E-state index contributed by atoms with van der Waals surface area (Å²) in [5, 5.41) is 9.22. The highest BCUT2D eigenvalue weighted by Crippen LogP contribution is 2.64. The molecular formula is C20H29FO2. The van der Waals surface area contributed by atoms with Gasteiger partial charge >= 0.3 is 0 Å². The van der Waals surface area contributed by atoms with Crippen molar-refractivity contribution in [3.05, 3.63) is 11.6 Å². The van der Waals surface area contributed by atoms with Crippen molar-refractivity contribution in [3.8, 4) is 0 Å². The smallest absolute Gasteiger partial charge is 0.196 e. The summed E-state index contributed by atoms with van der Waals surface area (Å²) in [5.41, 5.74) is 1.65. The quantitative estimate of drug-likeness (QED) is 0.817. The minimum Gasteiger partial charge on any atom is -0.364 e. The Hall–Kier alpha value is -0.700. The zero-order chi connectivity index (χ0) is 16.2. The van der Waals surface area contributed by atoms with Crippen LogP contribution in [0.2, 0.25) is 0 Å². The number of carbonyl (C=O) groups is 1. The van der Waals surface area contributed by atoms with E-state index >= 15 is 0 Å². The van der Waals surface area contributed by atoms with Gasteiger partial charge in [0, 0.05) is 12.8 Å². The summed E-state index contributed by atoms with van der Waals surface area (Å²) in [5.74, 6) is 3.51. The second kappa shape index (κ2) is 5.68. The average molecular weight is 320 g/mol. The molecule has 0 aromatic carbocycles. The number of ketones is 1. The molecule has 0 amide bonds. The van der Waals surface area contributed by atoms with Crippen LogP contribution in [0, 0.1) is 35.0 Å². The summed E-state index contributed by atoms with van der Waals surface area (Å²) in [6, 6.07) is 0. The minimum atomic E-state index is -1.65. The van der Waals surface area contributed by atoms with E-state index in [9.17, 15) is 14.3 Å². The van der Waals surface area contributed by atoms with Gasteiger partial charge in [0.25, 0.3) is 0 Å². The number of rotatable bonds is 2. The second-order valence-corrected chi connectivity index (χ2v) is 8.79. The topological polar surface area (TPSA) is 37.3 Å². The van der Waals surface area contributed by atoms with Gasteiger partial charge in [-0.2, -0.15) is 0 Å². The van der Waals surface area contributed by atoms with Crippen LogP contribution < -0.4 is 0 Å². The maximum absolute atomic E-state index is 13.2. The molecule has 2 nitrogen and oxygen atoms in total. The molecule has 1 unspecified atom stereocenters. The van der Waals surface area contributed by atoms with E-state index in [0.717, 1.165) is 37.5 Å². The van der Waals surface area contributed by atoms with Crippen molar-refractivity contribution in [2.24, 2.45) is 35.0 Å². The molecule has 3 fully saturated rings. The Morgan fingerprint density at radius 2 is 2.04 bits per heavy atom. The molecular weight excluding hydrogens is 291 g/mol. The van der Waals surface area contributed by atoms with Crippen LogP contribution >= 0.6 is 0 Å². The monoisotopic (exact) mass is 320 g/mol. The molecule has 0 saturated heterocycles. The summed E-state index contributed by atoms with van der Waals surface area (Å²) < 4.78 is 13.2. The van der Waals surface area contributed by atoms with E-state index in [4.69, 9.17) is 0 Å². The molecule has 3 heteroatoms. The van der Waals surface area contributed by atoms with Gasteiger partial charge in [0.05, 0.1) is 0 Å². The van der Waals surface area contributed by atoms with E-state index in [-0.39, 0.29) is 5.41 Å². The van der Waals surface area contributed by atoms with Gasteiger partial charge in [-0.3, -0.25) is 4.79 Å². The predicted molar refractivity (Wildman–Crippen MR) is 87.3 cm³/mol. The lowest BCUT2D eigenvalue weighted by molar-refractivity contribution is -0.116. The molecule has 23 heavy (non-hydrogen) atoms. The first kappa shape index (κ1) is 15.8. The van der Waals surface area contributed by atoms with E-state index in [1.165, 1.54) is 31.3 Å². The molecule has 0 heterocycles. The summed E-state index contributed by atoms with van der Waals surface area (Å²) >= 11 is 0. The number of allylic oxidation sites excluding steroid dienone is 1. The van der Waals surface area contributed by atoms with Crippen LogP contribution in [-0.4, -0.2) is 17.2 Å². The molecule has 0 bridgehead atoms. The van der Waals surface area contributed by atoms with Crippen molar-refractivity contribution in [2.75, 3.05) is 0 Å². The molecule has 3 saturated carbocycles. The third-order valence-corrected chi connectivity index (χ3v) is 7.98. The predicted octanol–water partition coefficient (Wildman–Crippen LogP) is 4.42. The zero-order valence-corrected chi connectivity index (χ0v) is 14.1. The fourth-order valence-corrected chi connectivity index (χ4v) is 6.91. The Kier molecular flexibility index (Phi) is 3.91. The maximum Gasteiger partial charge on any atom is 0.196 e. The molecule has 0 aliphatic heterocycles. The highest BCUT2D eigenvalue weighted by Gasteiger charge is 2.56. The third kappa shape index (κ3) is 2.50. The normalized spacial score (nSPS) is 47.3. The SMILES string of the molecule is C[C@]12CC[C@H]3[C@@H](CCC4=CC(=O)CC[C@@H]43)[C@@H]1CC[C@H]2CC(O)F. The van der Waals surface area contributed by atoms with E-state index in [1.54, 1.807) is 0 Å². The van der Waals surface area contributed by atoms with Crippen LogP contribution in [-0.2, 0) is 4.79 Å². The van der Waals surface area contributed by atoms with E-state index < -0.39 is 6.36 Å². The molecule has 7 atom stereocenters. The molecule has 0 aromatic heterocycles. The summed E-state index contributed by atoms with van der Waals surface area (Å²) in [6.07, 6.45) is 9.42. The minimum absolute atomic E-state index is 0.222. The van der Waals surface area contributed by atoms with Gasteiger partial charge in [-0.25, -0.2) is 4.39 Å². The zero-order valence-electron chi connectivity index (χ0n) is 14.1. The lowest BCUT2D eigenvalue weighted by Crippen LogP contribution is -2.46. The van der Waals surface area contributed by atoms with Gasteiger partial charge in [-0.05, 0) is 86.0 Å². The van der Waals surface area contributed by atoms with E-state index in [0.29, 0.717) is 30.0 Å². The number of hydrogen-bond donors (Lipinski definition) is 1. The fourth-order valence-electron chi connectivity index (χ4n) is 6.91. The van der Waals surface area contributed by atoms with Crippen LogP contribution in [0.4, 0.5) is 4.39 Å². The molecule has 128 valence electrons. The van der Waals surface area contributed by atoms with Crippen LogP contribution in [0.3, 0.4) is 0 Å². The Labute approximate surface area is 138 Å². The number of hydrogen-bond acceptors (Lipinski definition) is 2. The second-order valence-electron chi connectivity index (χ2n) is 8.79. The molecule has 4 aliphatic rings. The first-order valence-corrected chi connectivity index (χ1v) is 9.54. The van der Waals surface area contributed by atoms with Crippen molar-refractivity contribution in [1.82, 2.24) is 0 Å². The lowest BCUT2D eigenvalue weighted by atomic mass is 9.51. The Bertz CT molecular complexity index is 526. The van der Waals surface area contributed by atoms with Crippen LogP contribution in [0.1, 0.15) is 64.7 Å². The van der Waals surface area contributed by atoms with Gasteiger partial charge in [-0.15, -0.1) is 0 Å². The molecule has 4 aliphatic carbocycles. The summed E-state index contributed by atoms with van der Waals surface area (Å²) in [6.45, 7) is 2.36. The average Bonchev–Trinajstić information content (AvgIpc) is 2.83. The largest absolute Gasteiger partial charge is 0.364 e. The number of carbonyl (C=O) groups excluding carboxylic acids is 1. The molecule has 4 rings (SSSR count). The number of fused-ring (bicyclic) bond motifs is 5. The molecule has 1 N–H and O–H groups in total. The Morgan fingerprint density at radius 3 is 2.83 bits per heavy atom. The van der Waals surface area contributed by atoms with Crippen LogP contribution in [0.15, 0.2) is 11.6 Å². The van der Waals surface area contributed by atoms with Crippen LogP contribution in [0.25, 0.3) is 0 Å². The number of aliphatic hydroxyl groups is 1. The first-order valence-electron chi connectivity index (χ1n) is 9.54. The summed E-state index contributed by atoms with van der Waals surface area (Å²) in [4.78, 5) is 11.7. The van der Waals surface area contributed by atoms with Gasteiger partial charge in [-0.1, -0.05) is 12.5 Å². The third-order valence-electron chi connectivity index (χ3n) is 7.98. The van der Waals surface area contributed by atoms with Crippen molar-refractivity contribution in [2.45, 2.75) is 71.1 Å². The van der Waals surface area contributed by atoms with Crippen molar-refractivity contribution < 1.29 is 14.3 Å². The molecule has 0 spiro atoms. The van der Waals surface area contributed by atoms with Gasteiger partial charge in [0.15, 0.2) is 12.1 Å².